The van der Waals surface area contributed by atoms with Crippen molar-refractivity contribution >= 4 is 11.6 Å². The van der Waals surface area contributed by atoms with Crippen molar-refractivity contribution in [2.75, 3.05) is 13.1 Å². The molecule has 1 saturated heterocycles. The van der Waals surface area contributed by atoms with Crippen LogP contribution in [0.15, 0.2) is 12.1 Å². The Morgan fingerprint density at radius 1 is 1.27 bits per heavy atom. The van der Waals surface area contributed by atoms with Gasteiger partial charge in [0.1, 0.15) is 0 Å². The number of halogens is 1. The molecular weight excluding hydrogens is 206 g/mol. The van der Waals surface area contributed by atoms with E-state index in [9.17, 15) is 0 Å². The molecule has 1 N–H and O–H groups in total. The molecule has 1 unspecified atom stereocenters. The topological polar surface area (TPSA) is 12.0 Å². The largest absolute Gasteiger partial charge is 0.316 e. The summed E-state index contributed by atoms with van der Waals surface area (Å²) in [5, 5.41) is 4.37. The van der Waals surface area contributed by atoms with Crippen molar-refractivity contribution in [1.82, 2.24) is 5.32 Å². The van der Waals surface area contributed by atoms with Gasteiger partial charge < -0.3 is 5.32 Å². The van der Waals surface area contributed by atoms with Gasteiger partial charge in [-0.2, -0.15) is 0 Å². The number of hydrogen-bond acceptors (Lipinski definition) is 1. The van der Waals surface area contributed by atoms with Gasteiger partial charge in [0, 0.05) is 11.6 Å². The molecule has 82 valence electrons. The second-order valence-corrected chi connectivity index (χ2v) is 4.89. The predicted octanol–water partition coefficient (Wildman–Crippen LogP) is 3.42. The summed E-state index contributed by atoms with van der Waals surface area (Å²) in [5.41, 5.74) is 3.86. The fourth-order valence-corrected chi connectivity index (χ4v) is 2.46. The van der Waals surface area contributed by atoms with Gasteiger partial charge in [-0.05, 0) is 55.8 Å². The molecule has 15 heavy (non-hydrogen) atoms. The van der Waals surface area contributed by atoms with Gasteiger partial charge >= 0.3 is 0 Å². The molecule has 2 rings (SSSR count). The Morgan fingerprint density at radius 3 is 2.47 bits per heavy atom. The Bertz CT molecular complexity index is 331. The Balaban J connectivity index is 2.27. The Labute approximate surface area is 96.8 Å². The molecule has 0 spiro atoms. The highest BCUT2D eigenvalue weighted by Gasteiger charge is 2.16. The van der Waals surface area contributed by atoms with E-state index in [0.29, 0.717) is 5.92 Å². The Kier molecular flexibility index (Phi) is 3.32. The van der Waals surface area contributed by atoms with Crippen LogP contribution in [0.1, 0.15) is 35.4 Å². The molecule has 1 aromatic rings. The quantitative estimate of drug-likeness (QED) is 0.770. The van der Waals surface area contributed by atoms with E-state index in [1.807, 2.05) is 0 Å². The predicted molar refractivity (Wildman–Crippen MR) is 65.8 cm³/mol. The van der Waals surface area contributed by atoms with Crippen LogP contribution in [-0.4, -0.2) is 13.1 Å². The molecule has 0 saturated carbocycles. The van der Waals surface area contributed by atoms with Crippen molar-refractivity contribution in [2.24, 2.45) is 0 Å². The number of nitrogens with one attached hydrogen (secondary N) is 1. The molecule has 1 atom stereocenters. The molecule has 1 nitrogen and oxygen atoms in total. The van der Waals surface area contributed by atoms with E-state index in [0.717, 1.165) is 11.6 Å². The molecule has 1 aliphatic rings. The van der Waals surface area contributed by atoms with Crippen molar-refractivity contribution in [1.29, 1.82) is 0 Å². The van der Waals surface area contributed by atoms with Crippen LogP contribution in [-0.2, 0) is 0 Å². The number of benzene rings is 1. The lowest BCUT2D eigenvalue weighted by Gasteiger charge is -2.24. The summed E-state index contributed by atoms with van der Waals surface area (Å²) in [6, 6.07) is 4.49. The van der Waals surface area contributed by atoms with Gasteiger partial charge in [-0.3, -0.25) is 0 Å². The molecule has 0 radical (unpaired) electrons. The van der Waals surface area contributed by atoms with E-state index < -0.39 is 0 Å². The van der Waals surface area contributed by atoms with Gasteiger partial charge in [0.05, 0.1) is 0 Å². The Morgan fingerprint density at radius 2 is 1.93 bits per heavy atom. The minimum Gasteiger partial charge on any atom is -0.316 e. The summed E-state index contributed by atoms with van der Waals surface area (Å²) in [6.45, 7) is 6.47. The van der Waals surface area contributed by atoms with Crippen molar-refractivity contribution in [3.63, 3.8) is 0 Å². The first kappa shape index (κ1) is 11.0. The summed E-state index contributed by atoms with van der Waals surface area (Å²) in [7, 11) is 0. The summed E-state index contributed by atoms with van der Waals surface area (Å²) in [6.07, 6.45) is 2.58. The fraction of sp³-hybridized carbons (Fsp3) is 0.538. The minimum absolute atomic E-state index is 0.674. The van der Waals surface area contributed by atoms with Crippen LogP contribution < -0.4 is 5.32 Å². The van der Waals surface area contributed by atoms with E-state index in [-0.39, 0.29) is 0 Å². The van der Waals surface area contributed by atoms with Gasteiger partial charge in [-0.15, -0.1) is 0 Å². The second kappa shape index (κ2) is 4.54. The standard InChI is InChI=1S/C13H18ClN/c1-9-6-12(7-10(2)13(9)14)11-4-3-5-15-8-11/h6-7,11,15H,3-5,8H2,1-2H3. The highest BCUT2D eigenvalue weighted by atomic mass is 35.5. The highest BCUT2D eigenvalue weighted by Crippen LogP contribution is 2.29. The summed E-state index contributed by atoms with van der Waals surface area (Å²) >= 11 is 6.17. The molecule has 1 aliphatic heterocycles. The van der Waals surface area contributed by atoms with Crippen LogP contribution in [0.5, 0.6) is 0 Å². The molecule has 0 aliphatic carbocycles. The van der Waals surface area contributed by atoms with Crippen LogP contribution in [0.3, 0.4) is 0 Å². The van der Waals surface area contributed by atoms with Crippen molar-refractivity contribution < 1.29 is 0 Å². The zero-order chi connectivity index (χ0) is 10.8. The number of piperidine rings is 1. The normalized spacial score (nSPS) is 21.7. The lowest BCUT2D eigenvalue weighted by molar-refractivity contribution is 0.461. The summed E-state index contributed by atoms with van der Waals surface area (Å²) in [4.78, 5) is 0. The molecular formula is C13H18ClN. The van der Waals surface area contributed by atoms with Gasteiger partial charge in [0.2, 0.25) is 0 Å². The van der Waals surface area contributed by atoms with E-state index >= 15 is 0 Å². The number of hydrogen-bond donors (Lipinski definition) is 1. The lowest BCUT2D eigenvalue weighted by Crippen LogP contribution is -2.28. The first-order chi connectivity index (χ1) is 7.18. The molecule has 2 heteroatoms. The van der Waals surface area contributed by atoms with E-state index in [4.69, 9.17) is 11.6 Å². The van der Waals surface area contributed by atoms with Crippen LogP contribution in [0.25, 0.3) is 0 Å². The Hall–Kier alpha value is -0.530. The monoisotopic (exact) mass is 223 g/mol. The van der Waals surface area contributed by atoms with Gasteiger partial charge in [-0.1, -0.05) is 23.7 Å². The number of rotatable bonds is 1. The highest BCUT2D eigenvalue weighted by molar-refractivity contribution is 6.32. The average molecular weight is 224 g/mol. The van der Waals surface area contributed by atoms with Crippen molar-refractivity contribution in [2.45, 2.75) is 32.6 Å². The average Bonchev–Trinajstić information content (AvgIpc) is 2.26. The lowest BCUT2D eigenvalue weighted by atomic mass is 9.90. The molecule has 0 aromatic heterocycles. The molecule has 0 amide bonds. The van der Waals surface area contributed by atoms with Gasteiger partial charge in [0.25, 0.3) is 0 Å². The van der Waals surface area contributed by atoms with Gasteiger partial charge in [0.15, 0.2) is 0 Å². The fourth-order valence-electron chi connectivity index (χ4n) is 2.35. The maximum atomic E-state index is 6.17. The third kappa shape index (κ3) is 2.35. The van der Waals surface area contributed by atoms with Crippen molar-refractivity contribution in [3.05, 3.63) is 33.8 Å². The zero-order valence-electron chi connectivity index (χ0n) is 9.44. The summed E-state index contributed by atoms with van der Waals surface area (Å²) < 4.78 is 0. The van der Waals surface area contributed by atoms with Crippen LogP contribution >= 0.6 is 11.6 Å². The van der Waals surface area contributed by atoms with E-state index in [1.54, 1.807) is 0 Å². The smallest absolute Gasteiger partial charge is 0.0464 e. The van der Waals surface area contributed by atoms with E-state index in [1.165, 1.54) is 36.1 Å². The maximum absolute atomic E-state index is 6.17. The molecule has 1 heterocycles. The third-order valence-electron chi connectivity index (χ3n) is 3.23. The molecule has 1 aromatic carbocycles. The molecule has 0 bridgehead atoms. The van der Waals surface area contributed by atoms with Crippen LogP contribution in [0.2, 0.25) is 5.02 Å². The van der Waals surface area contributed by atoms with E-state index in [2.05, 4.69) is 31.3 Å². The SMILES string of the molecule is Cc1cc(C2CCCNC2)cc(C)c1Cl. The minimum atomic E-state index is 0.674. The summed E-state index contributed by atoms with van der Waals surface area (Å²) in [5.74, 6) is 0.674. The first-order valence-corrected chi connectivity index (χ1v) is 6.03. The second-order valence-electron chi connectivity index (χ2n) is 4.51. The number of aryl methyl sites for hydroxylation is 2. The van der Waals surface area contributed by atoms with Crippen LogP contribution in [0, 0.1) is 13.8 Å². The molecule has 1 fully saturated rings. The first-order valence-electron chi connectivity index (χ1n) is 5.66. The van der Waals surface area contributed by atoms with Crippen LogP contribution in [0.4, 0.5) is 0 Å². The third-order valence-corrected chi connectivity index (χ3v) is 3.82. The van der Waals surface area contributed by atoms with Crippen molar-refractivity contribution in [3.8, 4) is 0 Å². The zero-order valence-corrected chi connectivity index (χ0v) is 10.2. The van der Waals surface area contributed by atoms with Gasteiger partial charge in [-0.25, -0.2) is 0 Å². The maximum Gasteiger partial charge on any atom is 0.0464 e.